The summed E-state index contributed by atoms with van der Waals surface area (Å²) in [5.41, 5.74) is 8.26. The standard InChI is InChI=1S/C16H23N3O/c1-12(20)15-10-13(5-6-16(15)17)19-9-3-8-18-7-2-4-14(18)11-19/h5-6,10,14H,2-4,7-9,11,17H2,1H3. The highest BCUT2D eigenvalue weighted by molar-refractivity contribution is 6.00. The van der Waals surface area contributed by atoms with Crippen LogP contribution in [0.5, 0.6) is 0 Å². The minimum absolute atomic E-state index is 0.0432. The minimum atomic E-state index is 0.0432. The molecule has 1 aromatic rings. The Morgan fingerprint density at radius 3 is 2.85 bits per heavy atom. The lowest BCUT2D eigenvalue weighted by Gasteiger charge is -2.27. The molecular weight excluding hydrogens is 250 g/mol. The molecular formula is C16H23N3O. The first kappa shape index (κ1) is 13.4. The van der Waals surface area contributed by atoms with Gasteiger partial charge in [-0.3, -0.25) is 9.69 Å². The molecule has 1 atom stereocenters. The van der Waals surface area contributed by atoms with Crippen molar-refractivity contribution in [3.05, 3.63) is 23.8 Å². The van der Waals surface area contributed by atoms with Crippen molar-refractivity contribution in [3.63, 3.8) is 0 Å². The Balaban J connectivity index is 1.84. The summed E-state index contributed by atoms with van der Waals surface area (Å²) in [7, 11) is 0. The van der Waals surface area contributed by atoms with Gasteiger partial charge in [0, 0.05) is 42.6 Å². The van der Waals surface area contributed by atoms with Crippen molar-refractivity contribution >= 4 is 17.2 Å². The molecule has 0 aliphatic carbocycles. The normalized spacial score (nSPS) is 23.4. The van der Waals surface area contributed by atoms with Crippen LogP contribution in [0.2, 0.25) is 0 Å². The molecule has 0 aromatic heterocycles. The number of ketones is 1. The molecule has 0 amide bonds. The van der Waals surface area contributed by atoms with Crippen LogP contribution in [0.1, 0.15) is 36.5 Å². The Morgan fingerprint density at radius 2 is 2.05 bits per heavy atom. The van der Waals surface area contributed by atoms with E-state index in [9.17, 15) is 4.79 Å². The lowest BCUT2D eigenvalue weighted by molar-refractivity contribution is 0.101. The van der Waals surface area contributed by atoms with Gasteiger partial charge < -0.3 is 10.6 Å². The summed E-state index contributed by atoms with van der Waals surface area (Å²) in [6, 6.07) is 6.55. The largest absolute Gasteiger partial charge is 0.398 e. The van der Waals surface area contributed by atoms with Gasteiger partial charge in [0.2, 0.25) is 0 Å². The second-order valence-electron chi connectivity index (χ2n) is 5.96. The van der Waals surface area contributed by atoms with Crippen molar-refractivity contribution in [1.29, 1.82) is 0 Å². The van der Waals surface area contributed by atoms with E-state index in [2.05, 4.69) is 9.80 Å². The van der Waals surface area contributed by atoms with Crippen LogP contribution < -0.4 is 10.6 Å². The van der Waals surface area contributed by atoms with E-state index in [4.69, 9.17) is 5.73 Å². The highest BCUT2D eigenvalue weighted by Crippen LogP contribution is 2.27. The summed E-state index contributed by atoms with van der Waals surface area (Å²) in [4.78, 5) is 16.7. The molecule has 0 bridgehead atoms. The third-order valence-electron chi connectivity index (χ3n) is 4.58. The van der Waals surface area contributed by atoms with Crippen LogP contribution in [0.15, 0.2) is 18.2 Å². The van der Waals surface area contributed by atoms with Gasteiger partial charge in [-0.1, -0.05) is 0 Å². The third-order valence-corrected chi connectivity index (χ3v) is 4.58. The number of hydrogen-bond acceptors (Lipinski definition) is 4. The van der Waals surface area contributed by atoms with Crippen LogP contribution in [-0.2, 0) is 0 Å². The van der Waals surface area contributed by atoms with Crippen LogP contribution in [0.3, 0.4) is 0 Å². The Hall–Kier alpha value is -1.55. The molecule has 4 nitrogen and oxygen atoms in total. The average molecular weight is 273 g/mol. The van der Waals surface area contributed by atoms with Crippen molar-refractivity contribution < 1.29 is 4.79 Å². The van der Waals surface area contributed by atoms with Crippen LogP contribution in [-0.4, -0.2) is 42.9 Å². The number of nitrogens with zero attached hydrogens (tertiary/aromatic N) is 2. The van der Waals surface area contributed by atoms with E-state index in [1.165, 1.54) is 32.4 Å². The second-order valence-corrected chi connectivity index (χ2v) is 5.96. The smallest absolute Gasteiger partial charge is 0.161 e. The van der Waals surface area contributed by atoms with Crippen LogP contribution in [0.25, 0.3) is 0 Å². The predicted molar refractivity (Wildman–Crippen MR) is 82.3 cm³/mol. The molecule has 0 saturated carbocycles. The number of benzene rings is 1. The van der Waals surface area contributed by atoms with E-state index in [0.29, 0.717) is 17.3 Å². The predicted octanol–water partition coefficient (Wildman–Crippen LogP) is 2.15. The number of hydrogen-bond donors (Lipinski definition) is 1. The fraction of sp³-hybridized carbons (Fsp3) is 0.562. The monoisotopic (exact) mass is 273 g/mol. The van der Waals surface area contributed by atoms with Gasteiger partial charge >= 0.3 is 0 Å². The van der Waals surface area contributed by atoms with E-state index in [-0.39, 0.29) is 5.78 Å². The first-order chi connectivity index (χ1) is 9.65. The maximum Gasteiger partial charge on any atom is 0.161 e. The fourth-order valence-corrected chi connectivity index (χ4v) is 3.49. The zero-order valence-electron chi connectivity index (χ0n) is 12.1. The summed E-state index contributed by atoms with van der Waals surface area (Å²) in [5.74, 6) is 0.0432. The molecule has 2 heterocycles. The van der Waals surface area contributed by atoms with Crippen molar-refractivity contribution in [3.8, 4) is 0 Å². The molecule has 108 valence electrons. The molecule has 20 heavy (non-hydrogen) atoms. The zero-order valence-corrected chi connectivity index (χ0v) is 12.1. The third kappa shape index (κ3) is 2.52. The number of rotatable bonds is 2. The number of anilines is 2. The van der Waals surface area contributed by atoms with Crippen molar-refractivity contribution in [1.82, 2.24) is 4.90 Å². The lowest BCUT2D eigenvalue weighted by Crippen LogP contribution is -2.36. The van der Waals surface area contributed by atoms with Gasteiger partial charge in [0.15, 0.2) is 5.78 Å². The van der Waals surface area contributed by atoms with Crippen molar-refractivity contribution in [2.45, 2.75) is 32.2 Å². The average Bonchev–Trinajstić information content (AvgIpc) is 2.76. The highest BCUT2D eigenvalue weighted by Gasteiger charge is 2.28. The quantitative estimate of drug-likeness (QED) is 0.662. The molecule has 2 N–H and O–H groups in total. The van der Waals surface area contributed by atoms with Gasteiger partial charge in [0.1, 0.15) is 0 Å². The van der Waals surface area contributed by atoms with Crippen LogP contribution in [0, 0.1) is 0 Å². The van der Waals surface area contributed by atoms with Crippen LogP contribution >= 0.6 is 0 Å². The fourth-order valence-electron chi connectivity index (χ4n) is 3.49. The van der Waals surface area contributed by atoms with E-state index in [0.717, 1.165) is 18.8 Å². The first-order valence-electron chi connectivity index (χ1n) is 7.54. The Morgan fingerprint density at radius 1 is 1.25 bits per heavy atom. The number of carbonyl (C=O) groups is 1. The van der Waals surface area contributed by atoms with E-state index < -0.39 is 0 Å². The summed E-state index contributed by atoms with van der Waals surface area (Å²) < 4.78 is 0. The Kier molecular flexibility index (Phi) is 3.66. The van der Waals surface area contributed by atoms with Gasteiger partial charge in [-0.25, -0.2) is 0 Å². The molecule has 2 fully saturated rings. The van der Waals surface area contributed by atoms with Crippen LogP contribution in [0.4, 0.5) is 11.4 Å². The molecule has 2 aliphatic heterocycles. The second kappa shape index (κ2) is 5.44. The molecule has 2 saturated heterocycles. The molecule has 4 heteroatoms. The minimum Gasteiger partial charge on any atom is -0.398 e. The molecule has 2 aliphatic rings. The van der Waals surface area contributed by atoms with E-state index in [1.54, 1.807) is 6.92 Å². The number of fused-ring (bicyclic) bond motifs is 1. The summed E-state index contributed by atoms with van der Waals surface area (Å²) >= 11 is 0. The Labute approximate surface area is 120 Å². The van der Waals surface area contributed by atoms with Gasteiger partial charge in [0.25, 0.3) is 0 Å². The van der Waals surface area contributed by atoms with E-state index in [1.807, 2.05) is 18.2 Å². The summed E-state index contributed by atoms with van der Waals surface area (Å²) in [5, 5.41) is 0. The highest BCUT2D eigenvalue weighted by atomic mass is 16.1. The topological polar surface area (TPSA) is 49.6 Å². The number of carbonyl (C=O) groups excluding carboxylic acids is 1. The molecule has 0 spiro atoms. The van der Waals surface area contributed by atoms with Gasteiger partial charge in [-0.2, -0.15) is 0 Å². The summed E-state index contributed by atoms with van der Waals surface area (Å²) in [6.45, 7) is 6.17. The van der Waals surface area contributed by atoms with E-state index >= 15 is 0 Å². The molecule has 1 aromatic carbocycles. The Bertz CT molecular complexity index is 514. The molecule has 3 rings (SSSR count). The number of nitrogen functional groups attached to an aromatic ring is 1. The maximum atomic E-state index is 11.6. The lowest BCUT2D eigenvalue weighted by atomic mass is 10.1. The van der Waals surface area contributed by atoms with Gasteiger partial charge in [-0.15, -0.1) is 0 Å². The molecule has 0 radical (unpaired) electrons. The first-order valence-corrected chi connectivity index (χ1v) is 7.54. The summed E-state index contributed by atoms with van der Waals surface area (Å²) in [6.07, 6.45) is 3.81. The SMILES string of the molecule is CC(=O)c1cc(N2CCCN3CCCC3C2)ccc1N. The van der Waals surface area contributed by atoms with Crippen molar-refractivity contribution in [2.24, 2.45) is 0 Å². The zero-order chi connectivity index (χ0) is 14.1. The van der Waals surface area contributed by atoms with Gasteiger partial charge in [0.05, 0.1) is 0 Å². The number of Topliss-reactive ketones (excluding diaryl/α,β-unsaturated/α-hetero) is 1. The molecule has 1 unspecified atom stereocenters. The maximum absolute atomic E-state index is 11.6. The number of nitrogens with two attached hydrogens (primary N) is 1. The van der Waals surface area contributed by atoms with Crippen molar-refractivity contribution in [2.75, 3.05) is 36.8 Å². The van der Waals surface area contributed by atoms with Gasteiger partial charge in [-0.05, 0) is 50.9 Å².